The standard InChI is InChI=1S/C24H27N5O3/c1-14(2)21(28-24(31)32-4)23(30)29-11-5-6-20(29)22-25-13-19(27-22)18-10-8-16-12-15(3)7-9-17(16)26-18/h7-10,12-13,20H,5-6,11H2,1-4H3,(H,25,27)(H,28,31). The third-order valence-electron chi connectivity index (χ3n) is 5.67. The first-order valence-electron chi connectivity index (χ1n) is 10.6. The average Bonchev–Trinajstić information content (AvgIpc) is 3.45. The first kappa shape index (κ1) is 21.5. The van der Waals surface area contributed by atoms with Gasteiger partial charge in [0, 0.05) is 11.9 Å². The highest BCUT2D eigenvalue weighted by Gasteiger charge is 2.34. The van der Waals surface area contributed by atoms with Crippen LogP contribution in [0.4, 0.5) is 4.79 Å². The number of methoxy groups -OCH3 is 1. The molecule has 0 radical (unpaired) electrons. The number of benzene rings is 1. The highest BCUT2D eigenvalue weighted by Crippen LogP contribution is 2.32. The monoisotopic (exact) mass is 433 g/mol. The smallest absolute Gasteiger partial charge is 0.411 e. The minimum Gasteiger partial charge on any atom is -0.453 e. The predicted molar refractivity (Wildman–Crippen MR) is 122 cm³/mol. The van der Waals surface area contributed by atoms with E-state index in [2.05, 4.69) is 39.1 Å². The van der Waals surface area contributed by atoms with Crippen LogP contribution in [0.25, 0.3) is 22.3 Å². The number of fused-ring (bicyclic) bond motifs is 1. The third kappa shape index (κ3) is 4.21. The lowest BCUT2D eigenvalue weighted by molar-refractivity contribution is -0.128. The number of amides is 2. The lowest BCUT2D eigenvalue weighted by atomic mass is 10.1. The van der Waals surface area contributed by atoms with Crippen molar-refractivity contribution in [1.82, 2.24) is 25.2 Å². The fourth-order valence-electron chi connectivity index (χ4n) is 4.01. The Bertz CT molecular complexity index is 1210. The number of aromatic nitrogens is 3. The Balaban J connectivity index is 1.59. The number of aromatic amines is 1. The number of hydrogen-bond donors (Lipinski definition) is 2. The Labute approximate surface area is 186 Å². The highest BCUT2D eigenvalue weighted by molar-refractivity contribution is 5.97. The second kappa shape index (κ2) is 8.82. The van der Waals surface area contributed by atoms with Gasteiger partial charge in [-0.3, -0.25) is 10.1 Å². The summed E-state index contributed by atoms with van der Waals surface area (Å²) in [5.41, 5.74) is 4.66. The van der Waals surface area contributed by atoms with Crippen molar-refractivity contribution < 1.29 is 14.3 Å². The zero-order valence-electron chi connectivity index (χ0n) is 18.7. The van der Waals surface area contributed by atoms with Gasteiger partial charge in [0.15, 0.2) is 0 Å². The maximum Gasteiger partial charge on any atom is 0.411 e. The van der Waals surface area contributed by atoms with Gasteiger partial charge in [-0.05, 0) is 57.4 Å². The van der Waals surface area contributed by atoms with Crippen molar-refractivity contribution in [1.29, 1.82) is 0 Å². The molecule has 0 saturated carbocycles. The number of imidazole rings is 1. The normalized spacial score (nSPS) is 15.6. The van der Waals surface area contributed by atoms with Crippen molar-refractivity contribution >= 4 is 22.9 Å². The Hall–Kier alpha value is -3.68. The van der Waals surface area contributed by atoms with Crippen LogP contribution in [-0.2, 0) is 9.53 Å². The molecule has 2 N–H and O–H groups in total. The fraction of sp³-hybridized carbons (Fsp3) is 0.333. The molecule has 2 amide bonds. The van der Waals surface area contributed by atoms with Crippen LogP contribution in [0.5, 0.6) is 0 Å². The number of allylic oxidation sites excluding steroid dienone is 1. The molecular formula is C24H27N5O3. The van der Waals surface area contributed by atoms with Crippen molar-refractivity contribution in [3.05, 3.63) is 59.2 Å². The summed E-state index contributed by atoms with van der Waals surface area (Å²) in [7, 11) is 1.27. The van der Waals surface area contributed by atoms with E-state index in [0.29, 0.717) is 17.9 Å². The number of nitrogens with one attached hydrogen (secondary N) is 2. The molecule has 166 valence electrons. The van der Waals surface area contributed by atoms with Crippen LogP contribution < -0.4 is 5.32 Å². The maximum atomic E-state index is 13.2. The third-order valence-corrected chi connectivity index (χ3v) is 5.67. The number of nitrogens with zero attached hydrogens (tertiary/aromatic N) is 3. The molecular weight excluding hydrogens is 406 g/mol. The van der Waals surface area contributed by atoms with Crippen LogP contribution in [-0.4, -0.2) is 45.5 Å². The summed E-state index contributed by atoms with van der Waals surface area (Å²) in [6.45, 7) is 6.22. The SMILES string of the molecule is COC(=O)NC(C(=O)N1CCCC1c1ncc(-c2ccc3cc(C)ccc3n2)[nH]1)=C(C)C. The molecule has 1 aliphatic rings. The van der Waals surface area contributed by atoms with Crippen molar-refractivity contribution in [3.63, 3.8) is 0 Å². The summed E-state index contributed by atoms with van der Waals surface area (Å²) in [5, 5.41) is 3.64. The van der Waals surface area contributed by atoms with Crippen molar-refractivity contribution in [2.24, 2.45) is 0 Å². The number of rotatable bonds is 4. The van der Waals surface area contributed by atoms with E-state index in [1.165, 1.54) is 12.7 Å². The Morgan fingerprint density at radius 1 is 1.22 bits per heavy atom. The Morgan fingerprint density at radius 2 is 2.03 bits per heavy atom. The average molecular weight is 434 g/mol. The molecule has 3 aromatic rings. The lowest BCUT2D eigenvalue weighted by Gasteiger charge is -2.25. The molecule has 0 bridgehead atoms. The summed E-state index contributed by atoms with van der Waals surface area (Å²) in [6, 6.07) is 9.98. The maximum absolute atomic E-state index is 13.2. The van der Waals surface area contributed by atoms with E-state index < -0.39 is 6.09 Å². The minimum absolute atomic E-state index is 0.201. The molecule has 8 heteroatoms. The number of pyridine rings is 1. The molecule has 0 aliphatic carbocycles. The van der Waals surface area contributed by atoms with E-state index in [0.717, 1.165) is 35.1 Å². The van der Waals surface area contributed by atoms with Crippen molar-refractivity contribution in [2.75, 3.05) is 13.7 Å². The van der Waals surface area contributed by atoms with Gasteiger partial charge in [0.1, 0.15) is 11.5 Å². The van der Waals surface area contributed by atoms with E-state index in [1.807, 2.05) is 18.2 Å². The molecule has 2 aromatic heterocycles. The van der Waals surface area contributed by atoms with E-state index in [-0.39, 0.29) is 17.6 Å². The van der Waals surface area contributed by atoms with Gasteiger partial charge in [-0.2, -0.15) is 0 Å². The number of carbonyl (C=O) groups excluding carboxylic acids is 2. The lowest BCUT2D eigenvalue weighted by Crippen LogP contribution is -2.39. The van der Waals surface area contributed by atoms with E-state index in [1.54, 1.807) is 24.9 Å². The topological polar surface area (TPSA) is 100 Å². The zero-order valence-corrected chi connectivity index (χ0v) is 18.7. The van der Waals surface area contributed by atoms with E-state index in [4.69, 9.17) is 4.98 Å². The second-order valence-corrected chi connectivity index (χ2v) is 8.22. The number of alkyl carbamates (subject to hydrolysis) is 1. The minimum atomic E-state index is -0.664. The fourth-order valence-corrected chi connectivity index (χ4v) is 4.01. The van der Waals surface area contributed by atoms with Crippen LogP contribution in [0, 0.1) is 6.92 Å². The first-order chi connectivity index (χ1) is 15.4. The molecule has 0 spiro atoms. The largest absolute Gasteiger partial charge is 0.453 e. The summed E-state index contributed by atoms with van der Waals surface area (Å²) >= 11 is 0. The number of likely N-dealkylation sites (tertiary alicyclic amines) is 1. The van der Waals surface area contributed by atoms with Crippen molar-refractivity contribution in [2.45, 2.75) is 39.7 Å². The Kier molecular flexibility index (Phi) is 5.94. The van der Waals surface area contributed by atoms with E-state index in [9.17, 15) is 9.59 Å². The second-order valence-electron chi connectivity index (χ2n) is 8.22. The van der Waals surface area contributed by atoms with Gasteiger partial charge in [-0.1, -0.05) is 17.7 Å². The molecule has 3 heterocycles. The molecule has 32 heavy (non-hydrogen) atoms. The van der Waals surface area contributed by atoms with Gasteiger partial charge in [0.2, 0.25) is 0 Å². The molecule has 8 nitrogen and oxygen atoms in total. The summed E-state index contributed by atoms with van der Waals surface area (Å²) in [5.74, 6) is 0.470. The summed E-state index contributed by atoms with van der Waals surface area (Å²) in [6.07, 6.45) is 2.74. The molecule has 1 fully saturated rings. The van der Waals surface area contributed by atoms with Gasteiger partial charge in [-0.25, -0.2) is 14.8 Å². The molecule has 1 aliphatic heterocycles. The number of carbonyl (C=O) groups is 2. The molecule has 1 atom stereocenters. The summed E-state index contributed by atoms with van der Waals surface area (Å²) < 4.78 is 4.66. The van der Waals surface area contributed by atoms with Crippen molar-refractivity contribution in [3.8, 4) is 11.4 Å². The van der Waals surface area contributed by atoms with Gasteiger partial charge in [0.05, 0.1) is 36.3 Å². The van der Waals surface area contributed by atoms with E-state index >= 15 is 0 Å². The van der Waals surface area contributed by atoms with Crippen LogP contribution >= 0.6 is 0 Å². The van der Waals surface area contributed by atoms with Gasteiger partial charge >= 0.3 is 6.09 Å². The van der Waals surface area contributed by atoms with Crippen LogP contribution in [0.15, 0.2) is 47.8 Å². The Morgan fingerprint density at radius 3 is 2.78 bits per heavy atom. The molecule has 1 saturated heterocycles. The van der Waals surface area contributed by atoms with Gasteiger partial charge in [0.25, 0.3) is 5.91 Å². The molecule has 1 unspecified atom stereocenters. The predicted octanol–water partition coefficient (Wildman–Crippen LogP) is 4.25. The number of ether oxygens (including phenoxy) is 1. The van der Waals surface area contributed by atoms with Gasteiger partial charge in [-0.15, -0.1) is 0 Å². The molecule has 1 aromatic carbocycles. The zero-order chi connectivity index (χ0) is 22.8. The quantitative estimate of drug-likeness (QED) is 0.599. The van der Waals surface area contributed by atoms with Gasteiger partial charge < -0.3 is 14.6 Å². The summed E-state index contributed by atoms with van der Waals surface area (Å²) in [4.78, 5) is 39.3. The number of aryl methyl sites for hydroxylation is 1. The highest BCUT2D eigenvalue weighted by atomic mass is 16.5. The molecule has 4 rings (SSSR count). The first-order valence-corrected chi connectivity index (χ1v) is 10.6. The number of hydrogen-bond acceptors (Lipinski definition) is 5. The van der Waals surface area contributed by atoms with Crippen LogP contribution in [0.3, 0.4) is 0 Å². The number of H-pyrrole nitrogens is 1. The van der Waals surface area contributed by atoms with Crippen LogP contribution in [0.2, 0.25) is 0 Å². The van der Waals surface area contributed by atoms with Crippen LogP contribution in [0.1, 0.15) is 44.1 Å².